The molecule has 0 radical (unpaired) electrons. The smallest absolute Gasteiger partial charge is 0.306 e. The highest BCUT2D eigenvalue weighted by Crippen LogP contribution is 2.18. The predicted octanol–water partition coefficient (Wildman–Crippen LogP) is 1.97. The summed E-state index contributed by atoms with van der Waals surface area (Å²) < 4.78 is 4.76. The minimum Gasteiger partial charge on any atom is -0.466 e. The van der Waals surface area contributed by atoms with Crippen molar-refractivity contribution in [2.24, 2.45) is 0 Å². The first-order valence-corrected chi connectivity index (χ1v) is 6.72. The van der Waals surface area contributed by atoms with Crippen LogP contribution in [0.5, 0.6) is 0 Å². The Morgan fingerprint density at radius 3 is 2.78 bits per heavy atom. The monoisotopic (exact) mass is 270 g/mol. The van der Waals surface area contributed by atoms with Crippen LogP contribution in [-0.4, -0.2) is 23.5 Å². The van der Waals surface area contributed by atoms with E-state index in [1.54, 1.807) is 24.5 Å². The number of esters is 1. The molecule has 1 rings (SSSR count). The van der Waals surface area contributed by atoms with Gasteiger partial charge < -0.3 is 10.1 Å². The number of amides is 1. The van der Waals surface area contributed by atoms with Gasteiger partial charge in [0.15, 0.2) is 0 Å². The molecule has 0 saturated carbocycles. The average Bonchev–Trinajstić information content (AvgIpc) is 2.74. The molecule has 1 amide bonds. The summed E-state index contributed by atoms with van der Waals surface area (Å²) in [7, 11) is 0. The maximum atomic E-state index is 11.6. The number of aromatic nitrogens is 1. The van der Waals surface area contributed by atoms with Gasteiger partial charge in [0, 0.05) is 17.5 Å². The number of ether oxygens (including phenoxy) is 1. The van der Waals surface area contributed by atoms with E-state index in [4.69, 9.17) is 4.74 Å². The van der Waals surface area contributed by atoms with Crippen LogP contribution in [0, 0.1) is 6.92 Å². The van der Waals surface area contributed by atoms with Gasteiger partial charge in [0.25, 0.3) is 0 Å². The molecule has 1 atom stereocenters. The highest BCUT2D eigenvalue weighted by atomic mass is 32.1. The highest BCUT2D eigenvalue weighted by molar-refractivity contribution is 7.11. The van der Waals surface area contributed by atoms with Gasteiger partial charge >= 0.3 is 5.97 Å². The van der Waals surface area contributed by atoms with Gasteiger partial charge in [-0.2, -0.15) is 0 Å². The lowest BCUT2D eigenvalue weighted by molar-refractivity contribution is -0.144. The van der Waals surface area contributed by atoms with E-state index in [0.29, 0.717) is 6.61 Å². The van der Waals surface area contributed by atoms with E-state index >= 15 is 0 Å². The molecule has 0 aliphatic carbocycles. The molecule has 0 fully saturated rings. The fourth-order valence-electron chi connectivity index (χ4n) is 1.40. The second-order valence-electron chi connectivity index (χ2n) is 3.90. The largest absolute Gasteiger partial charge is 0.466 e. The Morgan fingerprint density at radius 1 is 1.50 bits per heavy atom. The van der Waals surface area contributed by atoms with Crippen LogP contribution < -0.4 is 5.32 Å². The van der Waals surface area contributed by atoms with Crippen LogP contribution in [0.3, 0.4) is 0 Å². The molecule has 5 nitrogen and oxygen atoms in total. The lowest BCUT2D eigenvalue weighted by atomic mass is 10.2. The molecule has 0 saturated heterocycles. The topological polar surface area (TPSA) is 68.3 Å². The summed E-state index contributed by atoms with van der Waals surface area (Å²) in [6.45, 7) is 5.93. The first kappa shape index (κ1) is 14.6. The molecule has 1 aromatic heterocycles. The van der Waals surface area contributed by atoms with Gasteiger partial charge in [-0.3, -0.25) is 9.59 Å². The summed E-state index contributed by atoms with van der Waals surface area (Å²) in [5.41, 5.74) is 0. The summed E-state index contributed by atoms with van der Waals surface area (Å²) in [5.74, 6) is -0.506. The Hall–Kier alpha value is -1.43. The Morgan fingerprint density at radius 2 is 2.22 bits per heavy atom. The number of carbonyl (C=O) groups is 2. The number of aryl methyl sites for hydroxylation is 1. The van der Waals surface area contributed by atoms with E-state index in [2.05, 4.69) is 10.3 Å². The van der Waals surface area contributed by atoms with Crippen molar-refractivity contribution >= 4 is 23.2 Å². The third-order valence-electron chi connectivity index (χ3n) is 2.25. The van der Waals surface area contributed by atoms with Gasteiger partial charge in [-0.25, -0.2) is 4.98 Å². The van der Waals surface area contributed by atoms with E-state index in [0.717, 1.165) is 9.88 Å². The summed E-state index contributed by atoms with van der Waals surface area (Å²) in [6.07, 6.45) is 2.04. The second kappa shape index (κ2) is 7.10. The first-order chi connectivity index (χ1) is 8.52. The van der Waals surface area contributed by atoms with Crippen LogP contribution in [0.25, 0.3) is 0 Å². The van der Waals surface area contributed by atoms with E-state index in [1.807, 2.05) is 13.8 Å². The second-order valence-corrected chi connectivity index (χ2v) is 5.17. The van der Waals surface area contributed by atoms with Crippen LogP contribution in [0.1, 0.15) is 42.6 Å². The molecule has 1 heterocycles. The van der Waals surface area contributed by atoms with Crippen molar-refractivity contribution in [2.75, 3.05) is 6.61 Å². The average molecular weight is 270 g/mol. The zero-order chi connectivity index (χ0) is 13.5. The molecule has 0 bridgehead atoms. The van der Waals surface area contributed by atoms with Gasteiger partial charge in [-0.05, 0) is 20.8 Å². The van der Waals surface area contributed by atoms with Crippen LogP contribution in [0.4, 0.5) is 0 Å². The van der Waals surface area contributed by atoms with E-state index in [1.165, 1.54) is 0 Å². The molecule has 6 heteroatoms. The molecule has 0 aliphatic heterocycles. The van der Waals surface area contributed by atoms with Crippen LogP contribution in [0.2, 0.25) is 0 Å². The van der Waals surface area contributed by atoms with Crippen molar-refractivity contribution in [1.29, 1.82) is 0 Å². The number of carbonyl (C=O) groups excluding carboxylic acids is 2. The molecule has 100 valence electrons. The normalized spacial score (nSPS) is 11.9. The molecule has 0 aliphatic rings. The van der Waals surface area contributed by atoms with E-state index in [-0.39, 0.29) is 30.8 Å². The maximum Gasteiger partial charge on any atom is 0.306 e. The standard InChI is InChI=1S/C12H18N2O3S/c1-4-17-11(16)6-5-10(15)14-9(3)12-13-7-8(2)18-12/h7,9H,4-6H2,1-3H3,(H,14,15). The third-order valence-corrected chi connectivity index (χ3v) is 3.34. The quantitative estimate of drug-likeness (QED) is 0.802. The van der Waals surface area contributed by atoms with Crippen molar-refractivity contribution in [3.05, 3.63) is 16.1 Å². The number of hydrogen-bond donors (Lipinski definition) is 1. The number of nitrogens with zero attached hydrogens (tertiary/aromatic N) is 1. The van der Waals surface area contributed by atoms with Crippen LogP contribution >= 0.6 is 11.3 Å². The molecular weight excluding hydrogens is 252 g/mol. The minimum atomic E-state index is -0.342. The number of thiazole rings is 1. The fourth-order valence-corrected chi connectivity index (χ4v) is 2.17. The maximum absolute atomic E-state index is 11.6. The lowest BCUT2D eigenvalue weighted by Gasteiger charge is -2.10. The number of hydrogen-bond acceptors (Lipinski definition) is 5. The van der Waals surface area contributed by atoms with Crippen LogP contribution in [-0.2, 0) is 14.3 Å². The first-order valence-electron chi connectivity index (χ1n) is 5.90. The highest BCUT2D eigenvalue weighted by Gasteiger charge is 2.13. The molecule has 1 aromatic rings. The third kappa shape index (κ3) is 4.83. The Kier molecular flexibility index (Phi) is 5.77. The number of nitrogens with one attached hydrogen (secondary N) is 1. The molecule has 1 unspecified atom stereocenters. The fraction of sp³-hybridized carbons (Fsp3) is 0.583. The van der Waals surface area contributed by atoms with Crippen molar-refractivity contribution in [3.8, 4) is 0 Å². The molecular formula is C12H18N2O3S. The zero-order valence-corrected chi connectivity index (χ0v) is 11.7. The van der Waals surface area contributed by atoms with Crippen molar-refractivity contribution in [1.82, 2.24) is 10.3 Å². The SMILES string of the molecule is CCOC(=O)CCC(=O)NC(C)c1ncc(C)s1. The Labute approximate surface area is 111 Å². The van der Waals surface area contributed by atoms with Crippen molar-refractivity contribution in [3.63, 3.8) is 0 Å². The Bertz CT molecular complexity index is 417. The summed E-state index contributed by atoms with van der Waals surface area (Å²) in [5, 5.41) is 3.68. The molecule has 18 heavy (non-hydrogen) atoms. The zero-order valence-electron chi connectivity index (χ0n) is 10.9. The minimum absolute atomic E-state index is 0.114. The lowest BCUT2D eigenvalue weighted by Crippen LogP contribution is -2.27. The molecule has 0 aromatic carbocycles. The van der Waals surface area contributed by atoms with Gasteiger partial charge in [-0.1, -0.05) is 0 Å². The van der Waals surface area contributed by atoms with Crippen molar-refractivity contribution < 1.29 is 14.3 Å². The summed E-state index contributed by atoms with van der Waals surface area (Å²) in [4.78, 5) is 28.0. The Balaban J connectivity index is 2.34. The van der Waals surface area contributed by atoms with Gasteiger partial charge in [0.05, 0.1) is 19.1 Å². The van der Waals surface area contributed by atoms with Gasteiger partial charge in [0.2, 0.25) is 5.91 Å². The van der Waals surface area contributed by atoms with Crippen LogP contribution in [0.15, 0.2) is 6.20 Å². The predicted molar refractivity (Wildman–Crippen MR) is 69.3 cm³/mol. The van der Waals surface area contributed by atoms with E-state index < -0.39 is 0 Å². The van der Waals surface area contributed by atoms with Crippen molar-refractivity contribution in [2.45, 2.75) is 39.7 Å². The molecule has 0 spiro atoms. The molecule has 1 N–H and O–H groups in total. The van der Waals surface area contributed by atoms with Gasteiger partial charge in [0.1, 0.15) is 5.01 Å². The van der Waals surface area contributed by atoms with Gasteiger partial charge in [-0.15, -0.1) is 11.3 Å². The summed E-state index contributed by atoms with van der Waals surface area (Å²) >= 11 is 1.55. The van der Waals surface area contributed by atoms with E-state index in [9.17, 15) is 9.59 Å². The summed E-state index contributed by atoms with van der Waals surface area (Å²) in [6, 6.07) is -0.126. The number of rotatable bonds is 6.